The highest BCUT2D eigenvalue weighted by atomic mass is 127. The van der Waals surface area contributed by atoms with Gasteiger partial charge in [0.15, 0.2) is 0 Å². The molecule has 0 aromatic rings. The van der Waals surface area contributed by atoms with E-state index in [0.717, 1.165) is 10.8 Å². The number of carbonyl (C=O) groups excluding carboxylic acids is 2. The number of hydrogen-bond acceptors (Lipinski definition) is 5. The van der Waals surface area contributed by atoms with Crippen LogP contribution in [0.3, 0.4) is 0 Å². The van der Waals surface area contributed by atoms with E-state index in [1.165, 1.54) is 0 Å². The quantitative estimate of drug-likeness (QED) is 0.339. The molecule has 6 heteroatoms. The SMILES string of the molecule is CC1(C(=O)OCCCI)COC(=O)OC1. The Morgan fingerprint density at radius 1 is 1.53 bits per heavy atom. The average Bonchev–Trinajstić information content (AvgIpc) is 2.23. The highest BCUT2D eigenvalue weighted by molar-refractivity contribution is 14.1. The Hall–Kier alpha value is -0.530. The first-order valence-corrected chi connectivity index (χ1v) is 6.14. The molecule has 0 atom stereocenters. The minimum atomic E-state index is -0.862. The fourth-order valence-corrected chi connectivity index (χ4v) is 1.34. The lowest BCUT2D eigenvalue weighted by Gasteiger charge is -2.29. The van der Waals surface area contributed by atoms with Crippen molar-refractivity contribution in [1.82, 2.24) is 0 Å². The van der Waals surface area contributed by atoms with Crippen molar-refractivity contribution in [3.63, 3.8) is 0 Å². The van der Waals surface area contributed by atoms with Crippen LogP contribution in [0.1, 0.15) is 13.3 Å². The van der Waals surface area contributed by atoms with Crippen molar-refractivity contribution >= 4 is 34.7 Å². The Kier molecular flexibility index (Phi) is 4.62. The maximum atomic E-state index is 11.6. The lowest BCUT2D eigenvalue weighted by Crippen LogP contribution is -2.44. The zero-order valence-electron chi connectivity index (χ0n) is 8.45. The van der Waals surface area contributed by atoms with Gasteiger partial charge < -0.3 is 14.2 Å². The van der Waals surface area contributed by atoms with Gasteiger partial charge >= 0.3 is 12.1 Å². The normalized spacial score (nSPS) is 18.9. The third-order valence-corrected chi connectivity index (χ3v) is 2.78. The second-order valence-electron chi connectivity index (χ2n) is 3.57. The summed E-state index contributed by atoms with van der Waals surface area (Å²) >= 11 is 2.21. The third kappa shape index (κ3) is 3.51. The molecule has 1 heterocycles. The van der Waals surface area contributed by atoms with Gasteiger partial charge in [0.25, 0.3) is 0 Å². The number of ether oxygens (including phenoxy) is 3. The van der Waals surface area contributed by atoms with E-state index >= 15 is 0 Å². The first-order chi connectivity index (χ1) is 7.08. The summed E-state index contributed by atoms with van der Waals surface area (Å²) in [6.07, 6.45) is 0.0933. The number of cyclic esters (lactones) is 2. The van der Waals surface area contributed by atoms with Crippen molar-refractivity contribution in [3.05, 3.63) is 0 Å². The molecule has 86 valence electrons. The number of halogens is 1. The van der Waals surface area contributed by atoms with Crippen LogP contribution in [-0.2, 0) is 19.0 Å². The van der Waals surface area contributed by atoms with Crippen molar-refractivity contribution < 1.29 is 23.8 Å². The molecular weight excluding hydrogens is 315 g/mol. The van der Waals surface area contributed by atoms with Gasteiger partial charge in [-0.25, -0.2) is 4.79 Å². The lowest BCUT2D eigenvalue weighted by atomic mass is 9.93. The summed E-state index contributed by atoms with van der Waals surface area (Å²) < 4.78 is 15.3. The van der Waals surface area contributed by atoms with E-state index in [1.807, 2.05) is 0 Å². The van der Waals surface area contributed by atoms with E-state index in [4.69, 9.17) is 4.74 Å². The molecule has 0 aromatic carbocycles. The lowest BCUT2D eigenvalue weighted by molar-refractivity contribution is -0.166. The summed E-state index contributed by atoms with van der Waals surface area (Å²) in [7, 11) is 0. The van der Waals surface area contributed by atoms with Gasteiger partial charge in [0, 0.05) is 4.43 Å². The van der Waals surface area contributed by atoms with Gasteiger partial charge in [0.05, 0.1) is 6.61 Å². The molecule has 0 spiro atoms. The number of carbonyl (C=O) groups is 2. The smallest absolute Gasteiger partial charge is 0.465 e. The molecule has 1 saturated heterocycles. The third-order valence-electron chi connectivity index (χ3n) is 2.02. The molecule has 0 radical (unpaired) electrons. The number of alkyl halides is 1. The summed E-state index contributed by atoms with van der Waals surface area (Å²) in [4.78, 5) is 22.2. The maximum Gasteiger partial charge on any atom is 0.508 e. The minimum absolute atomic E-state index is 0.0227. The molecule has 15 heavy (non-hydrogen) atoms. The van der Waals surface area contributed by atoms with E-state index in [0.29, 0.717) is 6.61 Å². The predicted molar refractivity (Wildman–Crippen MR) is 59.9 cm³/mol. The first kappa shape index (κ1) is 12.5. The van der Waals surface area contributed by atoms with E-state index in [9.17, 15) is 9.59 Å². The van der Waals surface area contributed by atoms with Crippen LogP contribution in [0, 0.1) is 5.41 Å². The van der Waals surface area contributed by atoms with Crippen LogP contribution in [0.5, 0.6) is 0 Å². The van der Waals surface area contributed by atoms with E-state index < -0.39 is 11.6 Å². The van der Waals surface area contributed by atoms with Crippen LogP contribution < -0.4 is 0 Å². The molecule has 0 amide bonds. The second-order valence-corrected chi connectivity index (χ2v) is 4.65. The van der Waals surface area contributed by atoms with Crippen LogP contribution in [0.15, 0.2) is 0 Å². The molecule has 0 aliphatic carbocycles. The number of rotatable bonds is 4. The van der Waals surface area contributed by atoms with Crippen molar-refractivity contribution in [2.24, 2.45) is 5.41 Å². The number of esters is 1. The van der Waals surface area contributed by atoms with Crippen molar-refractivity contribution in [2.75, 3.05) is 24.2 Å². The molecule has 1 fully saturated rings. The molecule has 1 aliphatic heterocycles. The van der Waals surface area contributed by atoms with Crippen LogP contribution in [0.2, 0.25) is 0 Å². The van der Waals surface area contributed by atoms with Crippen molar-refractivity contribution in [2.45, 2.75) is 13.3 Å². The van der Waals surface area contributed by atoms with Crippen LogP contribution in [-0.4, -0.2) is 36.4 Å². The molecule has 0 saturated carbocycles. The van der Waals surface area contributed by atoms with E-state index in [2.05, 4.69) is 32.1 Å². The molecular formula is C9H13IO5. The zero-order valence-corrected chi connectivity index (χ0v) is 10.6. The van der Waals surface area contributed by atoms with Gasteiger partial charge in [0.2, 0.25) is 0 Å². The van der Waals surface area contributed by atoms with Gasteiger partial charge in [-0.3, -0.25) is 4.79 Å². The molecule has 0 aromatic heterocycles. The summed E-state index contributed by atoms with van der Waals surface area (Å²) in [5.74, 6) is -0.375. The van der Waals surface area contributed by atoms with Crippen molar-refractivity contribution in [1.29, 1.82) is 0 Å². The van der Waals surface area contributed by atoms with Crippen LogP contribution >= 0.6 is 22.6 Å². The minimum Gasteiger partial charge on any atom is -0.465 e. The van der Waals surface area contributed by atoms with Gasteiger partial charge in [0.1, 0.15) is 18.6 Å². The molecule has 0 unspecified atom stereocenters. The Morgan fingerprint density at radius 2 is 2.13 bits per heavy atom. The standard InChI is InChI=1S/C9H13IO5/c1-9(5-14-8(12)15-6-9)7(11)13-4-2-3-10/h2-6H2,1H3. The zero-order chi connectivity index (χ0) is 11.3. The summed E-state index contributed by atoms with van der Waals surface area (Å²) in [6, 6.07) is 0. The van der Waals surface area contributed by atoms with Crippen LogP contribution in [0.4, 0.5) is 4.79 Å². The number of hydrogen-bond donors (Lipinski definition) is 0. The fourth-order valence-electron chi connectivity index (χ4n) is 1.03. The predicted octanol–water partition coefficient (Wildman–Crippen LogP) is 1.53. The Bertz CT molecular complexity index is 243. The Balaban J connectivity index is 2.40. The highest BCUT2D eigenvalue weighted by Gasteiger charge is 2.41. The van der Waals surface area contributed by atoms with Gasteiger partial charge in [-0.05, 0) is 13.3 Å². The average molecular weight is 328 g/mol. The van der Waals surface area contributed by atoms with E-state index in [1.54, 1.807) is 6.92 Å². The Labute approximate surface area is 102 Å². The summed E-state index contributed by atoms with van der Waals surface area (Å²) in [5.41, 5.74) is -0.862. The van der Waals surface area contributed by atoms with Crippen molar-refractivity contribution in [3.8, 4) is 0 Å². The summed E-state index contributed by atoms with van der Waals surface area (Å²) in [6.45, 7) is 2.10. The fraction of sp³-hybridized carbons (Fsp3) is 0.778. The molecule has 1 aliphatic rings. The molecule has 5 nitrogen and oxygen atoms in total. The highest BCUT2D eigenvalue weighted by Crippen LogP contribution is 2.24. The van der Waals surface area contributed by atoms with Gasteiger partial charge in [-0.1, -0.05) is 22.6 Å². The topological polar surface area (TPSA) is 61.8 Å². The van der Waals surface area contributed by atoms with Gasteiger partial charge in [-0.15, -0.1) is 0 Å². The second kappa shape index (κ2) is 5.53. The Morgan fingerprint density at radius 3 is 2.67 bits per heavy atom. The van der Waals surface area contributed by atoms with Crippen LogP contribution in [0.25, 0.3) is 0 Å². The first-order valence-electron chi connectivity index (χ1n) is 4.61. The molecule has 0 N–H and O–H groups in total. The maximum absolute atomic E-state index is 11.6. The molecule has 0 bridgehead atoms. The van der Waals surface area contributed by atoms with Gasteiger partial charge in [-0.2, -0.15) is 0 Å². The monoisotopic (exact) mass is 328 g/mol. The summed E-state index contributed by atoms with van der Waals surface area (Å²) in [5, 5.41) is 0. The largest absolute Gasteiger partial charge is 0.508 e. The molecule has 1 rings (SSSR count). The van der Waals surface area contributed by atoms with E-state index in [-0.39, 0.29) is 19.2 Å².